The molecule has 0 aliphatic carbocycles. The number of hydrogen-bond donors (Lipinski definition) is 2. The molecule has 9 heteroatoms. The van der Waals surface area contributed by atoms with Crippen molar-refractivity contribution in [1.29, 1.82) is 0 Å². The number of aryl methyl sites for hydroxylation is 1. The fraction of sp³-hybridized carbons (Fsp3) is 0.391. The van der Waals surface area contributed by atoms with Gasteiger partial charge >= 0.3 is 17.9 Å². The third-order valence-corrected chi connectivity index (χ3v) is 4.63. The number of rotatable bonds is 9. The minimum atomic E-state index is -0.930. The van der Waals surface area contributed by atoms with Gasteiger partial charge in [-0.1, -0.05) is 30.3 Å². The molecule has 1 aromatic heterocycles. The summed E-state index contributed by atoms with van der Waals surface area (Å²) in [6, 6.07) is 8.19. The van der Waals surface area contributed by atoms with Gasteiger partial charge in [0.15, 0.2) is 6.61 Å². The van der Waals surface area contributed by atoms with Crippen molar-refractivity contribution in [3.05, 3.63) is 58.4 Å². The fourth-order valence-electron chi connectivity index (χ4n) is 3.16. The second-order valence-corrected chi connectivity index (χ2v) is 7.49. The molecule has 2 rings (SSSR count). The van der Waals surface area contributed by atoms with Gasteiger partial charge in [0.2, 0.25) is 0 Å². The Morgan fingerprint density at radius 3 is 2.28 bits per heavy atom. The molecule has 1 aromatic carbocycles. The van der Waals surface area contributed by atoms with Gasteiger partial charge in [0.05, 0.1) is 18.8 Å². The summed E-state index contributed by atoms with van der Waals surface area (Å²) in [5, 5.41) is 2.52. The molecule has 32 heavy (non-hydrogen) atoms. The topological polar surface area (TPSA) is 124 Å². The van der Waals surface area contributed by atoms with Gasteiger partial charge in [0.25, 0.3) is 5.91 Å². The minimum Gasteiger partial charge on any atom is -0.467 e. The van der Waals surface area contributed by atoms with Crippen molar-refractivity contribution >= 4 is 23.8 Å². The number of hydrogen-bond acceptors (Lipinski definition) is 7. The number of ether oxygens (including phenoxy) is 3. The molecule has 2 aromatic rings. The van der Waals surface area contributed by atoms with Crippen LogP contribution in [0.4, 0.5) is 0 Å². The van der Waals surface area contributed by atoms with Crippen molar-refractivity contribution in [2.45, 2.75) is 46.3 Å². The average molecular weight is 444 g/mol. The molecule has 172 valence electrons. The Morgan fingerprint density at radius 2 is 1.69 bits per heavy atom. The highest BCUT2D eigenvalue weighted by Gasteiger charge is 2.26. The highest BCUT2D eigenvalue weighted by molar-refractivity contribution is 5.99. The predicted octanol–water partition coefficient (Wildman–Crippen LogP) is 2.25. The zero-order valence-electron chi connectivity index (χ0n) is 18.8. The molecule has 0 radical (unpaired) electrons. The lowest BCUT2D eigenvalue weighted by molar-refractivity contribution is -0.145. The number of carbonyl (C=O) groups excluding carboxylic acids is 4. The standard InChI is InChI=1S/C23H28N2O7/c1-13(2)32-22(28)19-14(3)20(24-15(19)4)23(29)31-12-18(26)25-17(21(27)30-5)11-16-9-7-6-8-10-16/h6-10,13,17,24H,11-12H2,1-5H3,(H,25,26). The SMILES string of the molecule is COC(=O)C(Cc1ccccc1)NC(=O)COC(=O)c1[nH]c(C)c(C(=O)OC(C)C)c1C. The van der Waals surface area contributed by atoms with Crippen LogP contribution in [0.3, 0.4) is 0 Å². The maximum absolute atomic E-state index is 12.5. The third kappa shape index (κ3) is 6.44. The molecule has 0 aliphatic rings. The molecular weight excluding hydrogens is 416 g/mol. The van der Waals surface area contributed by atoms with Crippen LogP contribution in [-0.4, -0.2) is 54.7 Å². The van der Waals surface area contributed by atoms with Gasteiger partial charge in [-0.2, -0.15) is 0 Å². The molecule has 1 amide bonds. The van der Waals surface area contributed by atoms with E-state index in [1.54, 1.807) is 27.7 Å². The summed E-state index contributed by atoms with van der Waals surface area (Å²) < 4.78 is 15.0. The van der Waals surface area contributed by atoms with Crippen LogP contribution in [0.2, 0.25) is 0 Å². The Balaban J connectivity index is 2.01. The Kier molecular flexibility index (Phi) is 8.57. The van der Waals surface area contributed by atoms with Crippen LogP contribution in [0.5, 0.6) is 0 Å². The third-order valence-electron chi connectivity index (χ3n) is 4.63. The van der Waals surface area contributed by atoms with Gasteiger partial charge in [0, 0.05) is 12.1 Å². The van der Waals surface area contributed by atoms with Crippen LogP contribution in [0, 0.1) is 13.8 Å². The van der Waals surface area contributed by atoms with E-state index in [4.69, 9.17) is 14.2 Å². The lowest BCUT2D eigenvalue weighted by atomic mass is 10.1. The number of methoxy groups -OCH3 is 1. The molecule has 1 heterocycles. The molecule has 0 aliphatic heterocycles. The van der Waals surface area contributed by atoms with E-state index in [-0.39, 0.29) is 23.8 Å². The Morgan fingerprint density at radius 1 is 1.03 bits per heavy atom. The fourth-order valence-corrected chi connectivity index (χ4v) is 3.16. The average Bonchev–Trinajstić information content (AvgIpc) is 3.05. The van der Waals surface area contributed by atoms with Crippen LogP contribution >= 0.6 is 0 Å². The lowest BCUT2D eigenvalue weighted by Crippen LogP contribution is -2.44. The summed E-state index contributed by atoms with van der Waals surface area (Å²) in [6.07, 6.45) is -0.0855. The molecule has 0 saturated heterocycles. The summed E-state index contributed by atoms with van der Waals surface area (Å²) >= 11 is 0. The molecule has 0 spiro atoms. The first-order chi connectivity index (χ1) is 15.1. The number of H-pyrrole nitrogens is 1. The Hall–Kier alpha value is -3.62. The highest BCUT2D eigenvalue weighted by Crippen LogP contribution is 2.20. The molecule has 0 fully saturated rings. The van der Waals surface area contributed by atoms with Crippen LogP contribution in [-0.2, 0) is 30.2 Å². The van der Waals surface area contributed by atoms with Crippen LogP contribution in [0.15, 0.2) is 30.3 Å². The van der Waals surface area contributed by atoms with Gasteiger partial charge in [-0.3, -0.25) is 4.79 Å². The van der Waals surface area contributed by atoms with E-state index in [0.29, 0.717) is 11.3 Å². The highest BCUT2D eigenvalue weighted by atomic mass is 16.5. The monoisotopic (exact) mass is 444 g/mol. The van der Waals surface area contributed by atoms with Crippen molar-refractivity contribution in [2.24, 2.45) is 0 Å². The molecule has 9 nitrogen and oxygen atoms in total. The van der Waals surface area contributed by atoms with E-state index < -0.39 is 36.5 Å². The summed E-state index contributed by atoms with van der Waals surface area (Å²) in [7, 11) is 1.23. The van der Waals surface area contributed by atoms with Crippen molar-refractivity contribution in [1.82, 2.24) is 10.3 Å². The Labute approximate surface area is 186 Å². The lowest BCUT2D eigenvalue weighted by Gasteiger charge is -2.16. The quantitative estimate of drug-likeness (QED) is 0.449. The molecular formula is C23H28N2O7. The van der Waals surface area contributed by atoms with E-state index in [2.05, 4.69) is 10.3 Å². The van der Waals surface area contributed by atoms with Gasteiger partial charge in [0.1, 0.15) is 11.7 Å². The largest absolute Gasteiger partial charge is 0.467 e. The first kappa shape index (κ1) is 24.6. The summed E-state index contributed by atoms with van der Waals surface area (Å²) in [5.74, 6) is -2.63. The Bertz CT molecular complexity index is 980. The van der Waals surface area contributed by atoms with E-state index >= 15 is 0 Å². The molecule has 0 bridgehead atoms. The zero-order chi connectivity index (χ0) is 23.8. The van der Waals surface area contributed by atoms with Crippen LogP contribution < -0.4 is 5.32 Å². The number of nitrogens with one attached hydrogen (secondary N) is 2. The van der Waals surface area contributed by atoms with E-state index in [0.717, 1.165) is 5.56 Å². The summed E-state index contributed by atoms with van der Waals surface area (Å²) in [6.45, 7) is 6.07. The smallest absolute Gasteiger partial charge is 0.355 e. The van der Waals surface area contributed by atoms with Crippen molar-refractivity contribution in [3.8, 4) is 0 Å². The number of esters is 3. The van der Waals surface area contributed by atoms with Crippen molar-refractivity contribution < 1.29 is 33.4 Å². The number of amides is 1. The first-order valence-electron chi connectivity index (χ1n) is 10.1. The summed E-state index contributed by atoms with van der Waals surface area (Å²) in [5.41, 5.74) is 1.97. The van der Waals surface area contributed by atoms with Gasteiger partial charge in [-0.15, -0.1) is 0 Å². The van der Waals surface area contributed by atoms with E-state index in [1.165, 1.54) is 7.11 Å². The van der Waals surface area contributed by atoms with Crippen molar-refractivity contribution in [3.63, 3.8) is 0 Å². The molecule has 0 saturated carbocycles. The van der Waals surface area contributed by atoms with Gasteiger partial charge in [-0.05, 0) is 38.8 Å². The number of carbonyl (C=O) groups is 4. The maximum atomic E-state index is 12.5. The number of benzene rings is 1. The summed E-state index contributed by atoms with van der Waals surface area (Å²) in [4.78, 5) is 51.9. The molecule has 1 atom stereocenters. The van der Waals surface area contributed by atoms with Crippen LogP contribution in [0.25, 0.3) is 0 Å². The van der Waals surface area contributed by atoms with Gasteiger partial charge in [-0.25, -0.2) is 14.4 Å². The van der Waals surface area contributed by atoms with Gasteiger partial charge < -0.3 is 24.5 Å². The second-order valence-electron chi connectivity index (χ2n) is 7.49. The molecule has 1 unspecified atom stereocenters. The van der Waals surface area contributed by atoms with Crippen molar-refractivity contribution in [2.75, 3.05) is 13.7 Å². The maximum Gasteiger partial charge on any atom is 0.355 e. The van der Waals surface area contributed by atoms with E-state index in [9.17, 15) is 19.2 Å². The normalized spacial score (nSPS) is 11.6. The minimum absolute atomic E-state index is 0.0554. The predicted molar refractivity (Wildman–Crippen MR) is 115 cm³/mol. The zero-order valence-corrected chi connectivity index (χ0v) is 18.8. The molecule has 2 N–H and O–H groups in total. The van der Waals surface area contributed by atoms with E-state index in [1.807, 2.05) is 30.3 Å². The number of aromatic amines is 1. The second kappa shape index (κ2) is 11.1. The number of aromatic nitrogens is 1. The van der Waals surface area contributed by atoms with Crippen LogP contribution in [0.1, 0.15) is 51.5 Å². The first-order valence-corrected chi connectivity index (χ1v) is 10.1.